The SMILES string of the molecule is C=C(C/C(C)=C(/C)NC)/C(=C\C)C(C)(C)C. The van der Waals surface area contributed by atoms with Crippen LogP contribution >= 0.6 is 0 Å². The number of hydrogen-bond donors (Lipinski definition) is 1. The summed E-state index contributed by atoms with van der Waals surface area (Å²) in [6.45, 7) is 17.3. The molecule has 0 aromatic heterocycles. The van der Waals surface area contributed by atoms with E-state index in [4.69, 9.17) is 0 Å². The Hall–Kier alpha value is -0.980. The zero-order valence-corrected chi connectivity index (χ0v) is 12.0. The summed E-state index contributed by atoms with van der Waals surface area (Å²) >= 11 is 0. The van der Waals surface area contributed by atoms with E-state index in [1.165, 1.54) is 22.4 Å². The van der Waals surface area contributed by atoms with Crippen molar-refractivity contribution in [2.24, 2.45) is 5.41 Å². The predicted molar refractivity (Wildman–Crippen MR) is 74.4 cm³/mol. The van der Waals surface area contributed by atoms with Gasteiger partial charge in [0.05, 0.1) is 0 Å². The average Bonchev–Trinajstić information content (AvgIpc) is 2.14. The number of nitrogens with one attached hydrogen (secondary N) is 1. The minimum Gasteiger partial charge on any atom is -0.392 e. The molecule has 0 aromatic carbocycles. The minimum absolute atomic E-state index is 0.180. The van der Waals surface area contributed by atoms with Crippen molar-refractivity contribution < 1.29 is 0 Å². The largest absolute Gasteiger partial charge is 0.392 e. The van der Waals surface area contributed by atoms with Crippen LogP contribution in [0.4, 0.5) is 0 Å². The fraction of sp³-hybridized carbons (Fsp3) is 0.600. The Morgan fingerprint density at radius 1 is 1.25 bits per heavy atom. The van der Waals surface area contributed by atoms with Gasteiger partial charge < -0.3 is 5.32 Å². The second-order valence-electron chi connectivity index (χ2n) is 5.39. The van der Waals surface area contributed by atoms with Crippen LogP contribution in [0.3, 0.4) is 0 Å². The Morgan fingerprint density at radius 3 is 2.06 bits per heavy atom. The van der Waals surface area contributed by atoms with E-state index in [-0.39, 0.29) is 5.41 Å². The zero-order valence-electron chi connectivity index (χ0n) is 12.0. The molecule has 0 amide bonds. The molecule has 0 aliphatic carbocycles. The van der Waals surface area contributed by atoms with E-state index in [0.717, 1.165) is 6.42 Å². The third-order valence-corrected chi connectivity index (χ3v) is 2.97. The van der Waals surface area contributed by atoms with E-state index in [0.29, 0.717) is 0 Å². The van der Waals surface area contributed by atoms with Gasteiger partial charge in [0.1, 0.15) is 0 Å². The molecule has 0 saturated carbocycles. The Bertz CT molecular complexity index is 311. The summed E-state index contributed by atoms with van der Waals surface area (Å²) in [6.07, 6.45) is 3.13. The lowest BCUT2D eigenvalue weighted by Gasteiger charge is -2.25. The normalized spacial score (nSPS) is 14.6. The van der Waals surface area contributed by atoms with E-state index in [1.54, 1.807) is 0 Å². The van der Waals surface area contributed by atoms with Crippen LogP contribution in [-0.2, 0) is 0 Å². The van der Waals surface area contributed by atoms with Crippen molar-refractivity contribution in [3.63, 3.8) is 0 Å². The van der Waals surface area contributed by atoms with Crippen molar-refractivity contribution in [2.45, 2.75) is 48.0 Å². The lowest BCUT2D eigenvalue weighted by molar-refractivity contribution is 0.507. The Labute approximate surface area is 101 Å². The first-order valence-electron chi connectivity index (χ1n) is 5.93. The maximum Gasteiger partial charge on any atom is 0.00649 e. The van der Waals surface area contributed by atoms with Crippen molar-refractivity contribution in [3.05, 3.63) is 35.1 Å². The van der Waals surface area contributed by atoms with Gasteiger partial charge in [0, 0.05) is 12.7 Å². The topological polar surface area (TPSA) is 12.0 Å². The van der Waals surface area contributed by atoms with E-state index in [9.17, 15) is 0 Å². The first-order chi connectivity index (χ1) is 7.23. The Kier molecular flexibility index (Phi) is 5.57. The number of allylic oxidation sites excluding steroid dienone is 5. The molecule has 0 spiro atoms. The lowest BCUT2D eigenvalue weighted by Crippen LogP contribution is -2.12. The molecule has 1 heteroatoms. The van der Waals surface area contributed by atoms with Crippen LogP contribution in [0.25, 0.3) is 0 Å². The number of hydrogen-bond acceptors (Lipinski definition) is 1. The van der Waals surface area contributed by atoms with Gasteiger partial charge >= 0.3 is 0 Å². The predicted octanol–water partition coefficient (Wildman–Crippen LogP) is 4.44. The van der Waals surface area contributed by atoms with Gasteiger partial charge in [-0.2, -0.15) is 0 Å². The molecular formula is C15H27N. The maximum absolute atomic E-state index is 4.22. The molecular weight excluding hydrogens is 194 g/mol. The summed E-state index contributed by atoms with van der Waals surface area (Å²) in [4.78, 5) is 0. The number of rotatable bonds is 4. The van der Waals surface area contributed by atoms with Crippen molar-refractivity contribution in [1.29, 1.82) is 0 Å². The zero-order chi connectivity index (χ0) is 12.9. The molecule has 0 bridgehead atoms. The van der Waals surface area contributed by atoms with Gasteiger partial charge in [-0.15, -0.1) is 0 Å². The highest BCUT2D eigenvalue weighted by Gasteiger charge is 2.18. The highest BCUT2D eigenvalue weighted by molar-refractivity contribution is 5.36. The molecule has 16 heavy (non-hydrogen) atoms. The van der Waals surface area contributed by atoms with Gasteiger partial charge in [0.15, 0.2) is 0 Å². The van der Waals surface area contributed by atoms with Crippen LogP contribution in [0.15, 0.2) is 35.1 Å². The molecule has 0 aromatic rings. The molecule has 0 atom stereocenters. The van der Waals surface area contributed by atoms with E-state index < -0.39 is 0 Å². The summed E-state index contributed by atoms with van der Waals surface area (Å²) in [5, 5.41) is 3.18. The van der Waals surface area contributed by atoms with Gasteiger partial charge in [-0.1, -0.05) is 39.0 Å². The summed E-state index contributed by atoms with van der Waals surface area (Å²) in [6, 6.07) is 0. The van der Waals surface area contributed by atoms with Crippen LogP contribution in [0.1, 0.15) is 48.0 Å². The van der Waals surface area contributed by atoms with Crippen molar-refractivity contribution in [3.8, 4) is 0 Å². The third kappa shape index (κ3) is 4.26. The van der Waals surface area contributed by atoms with Crippen molar-refractivity contribution in [2.75, 3.05) is 7.05 Å². The fourth-order valence-electron chi connectivity index (χ4n) is 1.93. The van der Waals surface area contributed by atoms with Crippen LogP contribution in [0, 0.1) is 5.41 Å². The summed E-state index contributed by atoms with van der Waals surface area (Å²) < 4.78 is 0. The quantitative estimate of drug-likeness (QED) is 0.692. The van der Waals surface area contributed by atoms with E-state index >= 15 is 0 Å². The fourth-order valence-corrected chi connectivity index (χ4v) is 1.93. The van der Waals surface area contributed by atoms with Crippen molar-refractivity contribution >= 4 is 0 Å². The van der Waals surface area contributed by atoms with Gasteiger partial charge in [-0.05, 0) is 43.8 Å². The van der Waals surface area contributed by atoms with Gasteiger partial charge in [-0.3, -0.25) is 0 Å². The van der Waals surface area contributed by atoms with Gasteiger partial charge in [0.25, 0.3) is 0 Å². The molecule has 0 unspecified atom stereocenters. The molecule has 0 heterocycles. The highest BCUT2D eigenvalue weighted by Crippen LogP contribution is 2.33. The lowest BCUT2D eigenvalue weighted by atomic mass is 9.80. The summed E-state index contributed by atoms with van der Waals surface area (Å²) in [5.41, 5.74) is 5.36. The highest BCUT2D eigenvalue weighted by atomic mass is 14.8. The Morgan fingerprint density at radius 2 is 1.75 bits per heavy atom. The molecule has 0 fully saturated rings. The van der Waals surface area contributed by atoms with Crippen LogP contribution in [-0.4, -0.2) is 7.05 Å². The molecule has 92 valence electrons. The van der Waals surface area contributed by atoms with E-state index in [1.807, 2.05) is 7.05 Å². The first-order valence-corrected chi connectivity index (χ1v) is 5.93. The molecule has 0 rings (SSSR count). The average molecular weight is 221 g/mol. The minimum atomic E-state index is 0.180. The van der Waals surface area contributed by atoms with Gasteiger partial charge in [-0.25, -0.2) is 0 Å². The molecule has 0 radical (unpaired) electrons. The molecule has 0 aliphatic rings. The third-order valence-electron chi connectivity index (χ3n) is 2.97. The smallest absolute Gasteiger partial charge is 0.00649 e. The van der Waals surface area contributed by atoms with E-state index in [2.05, 4.69) is 59.5 Å². The first kappa shape index (κ1) is 15.0. The summed E-state index contributed by atoms with van der Waals surface area (Å²) in [5.74, 6) is 0. The monoisotopic (exact) mass is 221 g/mol. The molecule has 0 saturated heterocycles. The van der Waals surface area contributed by atoms with Crippen LogP contribution in [0.5, 0.6) is 0 Å². The molecule has 0 aliphatic heterocycles. The van der Waals surface area contributed by atoms with Gasteiger partial charge in [0.2, 0.25) is 0 Å². The van der Waals surface area contributed by atoms with Crippen LogP contribution in [0.2, 0.25) is 0 Å². The molecule has 1 nitrogen and oxygen atoms in total. The van der Waals surface area contributed by atoms with Crippen LogP contribution < -0.4 is 5.32 Å². The maximum atomic E-state index is 4.22. The second-order valence-corrected chi connectivity index (χ2v) is 5.39. The summed E-state index contributed by atoms with van der Waals surface area (Å²) in [7, 11) is 1.96. The standard InChI is InChI=1S/C15H27N/c1-9-14(15(5,6)7)12(3)10-11(2)13(4)16-8/h9,16H,3,10H2,1-2,4-8H3/b13-11-,14-9+. The molecule has 1 N–H and O–H groups in total. The second kappa shape index (κ2) is 5.93. The van der Waals surface area contributed by atoms with Crippen molar-refractivity contribution in [1.82, 2.24) is 5.32 Å². The Balaban J connectivity index is 4.85.